The summed E-state index contributed by atoms with van der Waals surface area (Å²) in [6.07, 6.45) is 0.902. The minimum Gasteiger partial charge on any atom is -0.496 e. The number of carbonyl (C=O) groups is 1. The minimum absolute atomic E-state index is 0.00820. The fraction of sp³-hybridized carbons (Fsp3) is 0.462. The number of likely N-dealkylation sites (N-methyl/N-ethyl adjacent to an activating group) is 1. The zero-order chi connectivity index (χ0) is 13.1. The summed E-state index contributed by atoms with van der Waals surface area (Å²) < 4.78 is 11.2. The second-order valence-electron chi connectivity index (χ2n) is 4.28. The Morgan fingerprint density at radius 3 is 2.89 bits per heavy atom. The standard InChI is InChI=1S/C13H16BrNO3/c1-15(10-5-6-18-8-10)13(16)9-3-4-12(17-2)11(14)7-9/h3-4,7,10H,5-6,8H2,1-2H3. The predicted octanol–water partition coefficient (Wildman–Crippen LogP) is 2.32. The number of benzene rings is 1. The van der Waals surface area contributed by atoms with Crippen LogP contribution in [0.1, 0.15) is 16.8 Å². The van der Waals surface area contributed by atoms with Crippen molar-refractivity contribution in [1.82, 2.24) is 4.90 Å². The van der Waals surface area contributed by atoms with Crippen LogP contribution in [0.15, 0.2) is 22.7 Å². The van der Waals surface area contributed by atoms with Crippen LogP contribution in [0.25, 0.3) is 0 Å². The van der Waals surface area contributed by atoms with E-state index in [9.17, 15) is 4.79 Å². The summed E-state index contributed by atoms with van der Waals surface area (Å²) in [5.41, 5.74) is 0.650. The number of ether oxygens (including phenoxy) is 2. The van der Waals surface area contributed by atoms with Gasteiger partial charge in [0.15, 0.2) is 0 Å². The zero-order valence-electron chi connectivity index (χ0n) is 10.5. The predicted molar refractivity (Wildman–Crippen MR) is 72.0 cm³/mol. The van der Waals surface area contributed by atoms with E-state index in [0.717, 1.165) is 23.2 Å². The van der Waals surface area contributed by atoms with E-state index < -0.39 is 0 Å². The van der Waals surface area contributed by atoms with Gasteiger partial charge in [-0.05, 0) is 40.5 Å². The van der Waals surface area contributed by atoms with Crippen molar-refractivity contribution >= 4 is 21.8 Å². The van der Waals surface area contributed by atoms with Crippen LogP contribution in [0, 0.1) is 0 Å². The Labute approximate surface area is 115 Å². The van der Waals surface area contributed by atoms with Crippen molar-refractivity contribution in [1.29, 1.82) is 0 Å². The van der Waals surface area contributed by atoms with Crippen LogP contribution in [0.2, 0.25) is 0 Å². The number of carbonyl (C=O) groups excluding carboxylic acids is 1. The highest BCUT2D eigenvalue weighted by atomic mass is 79.9. The van der Waals surface area contributed by atoms with Crippen molar-refractivity contribution in [3.63, 3.8) is 0 Å². The Bertz CT molecular complexity index is 444. The first-order chi connectivity index (χ1) is 8.63. The molecule has 1 heterocycles. The topological polar surface area (TPSA) is 38.8 Å². The van der Waals surface area contributed by atoms with Gasteiger partial charge in [0.1, 0.15) is 5.75 Å². The maximum atomic E-state index is 12.3. The van der Waals surface area contributed by atoms with Crippen LogP contribution in [0.3, 0.4) is 0 Å². The summed E-state index contributed by atoms with van der Waals surface area (Å²) in [4.78, 5) is 14.0. The Hall–Kier alpha value is -1.07. The first kappa shape index (κ1) is 13.4. The normalized spacial score (nSPS) is 18.7. The summed E-state index contributed by atoms with van der Waals surface area (Å²) in [7, 11) is 3.42. The molecule has 1 aromatic carbocycles. The summed E-state index contributed by atoms with van der Waals surface area (Å²) in [6, 6.07) is 5.53. The van der Waals surface area contributed by atoms with Crippen molar-refractivity contribution in [3.8, 4) is 5.75 Å². The second kappa shape index (κ2) is 5.71. The smallest absolute Gasteiger partial charge is 0.253 e. The Balaban J connectivity index is 2.15. The summed E-state index contributed by atoms with van der Waals surface area (Å²) in [5.74, 6) is 0.729. The Kier molecular flexibility index (Phi) is 4.24. The molecule has 1 aromatic rings. The van der Waals surface area contributed by atoms with Gasteiger partial charge in [-0.3, -0.25) is 4.79 Å². The molecule has 0 aromatic heterocycles. The molecule has 0 N–H and O–H groups in total. The second-order valence-corrected chi connectivity index (χ2v) is 5.14. The molecule has 1 fully saturated rings. The highest BCUT2D eigenvalue weighted by molar-refractivity contribution is 9.10. The van der Waals surface area contributed by atoms with Gasteiger partial charge in [0.25, 0.3) is 5.91 Å². The van der Waals surface area contributed by atoms with Crippen LogP contribution < -0.4 is 4.74 Å². The quantitative estimate of drug-likeness (QED) is 0.859. The number of halogens is 1. The van der Waals surface area contributed by atoms with Crippen molar-refractivity contribution in [2.24, 2.45) is 0 Å². The molecule has 0 saturated carbocycles. The highest BCUT2D eigenvalue weighted by Gasteiger charge is 2.25. The van der Waals surface area contributed by atoms with Crippen LogP contribution >= 0.6 is 15.9 Å². The first-order valence-electron chi connectivity index (χ1n) is 5.82. The van der Waals surface area contributed by atoms with Crippen LogP contribution in [0.4, 0.5) is 0 Å². The van der Waals surface area contributed by atoms with E-state index >= 15 is 0 Å². The molecular weight excluding hydrogens is 298 g/mol. The lowest BCUT2D eigenvalue weighted by atomic mass is 10.1. The minimum atomic E-state index is 0.00820. The van der Waals surface area contributed by atoms with Gasteiger partial charge in [-0.1, -0.05) is 0 Å². The van der Waals surface area contributed by atoms with Gasteiger partial charge < -0.3 is 14.4 Å². The number of amides is 1. The Morgan fingerprint density at radius 1 is 1.56 bits per heavy atom. The molecule has 18 heavy (non-hydrogen) atoms. The van der Waals surface area contributed by atoms with Crippen molar-refractivity contribution < 1.29 is 14.3 Å². The van der Waals surface area contributed by atoms with Gasteiger partial charge in [0.2, 0.25) is 0 Å². The molecular formula is C13H16BrNO3. The molecule has 1 atom stereocenters. The number of methoxy groups -OCH3 is 1. The fourth-order valence-corrected chi connectivity index (χ4v) is 2.54. The molecule has 0 spiro atoms. The maximum absolute atomic E-state index is 12.3. The van der Waals surface area contributed by atoms with Crippen molar-refractivity contribution in [2.45, 2.75) is 12.5 Å². The third kappa shape index (κ3) is 2.67. The fourth-order valence-electron chi connectivity index (χ4n) is 2.00. The van der Waals surface area contributed by atoms with Crippen LogP contribution in [0.5, 0.6) is 5.75 Å². The molecule has 1 unspecified atom stereocenters. The average molecular weight is 314 g/mol. The highest BCUT2D eigenvalue weighted by Crippen LogP contribution is 2.26. The van der Waals surface area contributed by atoms with E-state index in [0.29, 0.717) is 12.2 Å². The number of hydrogen-bond donors (Lipinski definition) is 0. The van der Waals surface area contributed by atoms with Crippen molar-refractivity contribution in [2.75, 3.05) is 27.4 Å². The molecule has 1 saturated heterocycles. The monoisotopic (exact) mass is 313 g/mol. The van der Waals surface area contributed by atoms with Crippen LogP contribution in [-0.2, 0) is 4.74 Å². The van der Waals surface area contributed by atoms with E-state index in [2.05, 4.69) is 15.9 Å². The lowest BCUT2D eigenvalue weighted by molar-refractivity contribution is 0.0711. The van der Waals surface area contributed by atoms with E-state index in [1.165, 1.54) is 0 Å². The number of hydrogen-bond acceptors (Lipinski definition) is 3. The van der Waals surface area contributed by atoms with Crippen LogP contribution in [-0.4, -0.2) is 44.2 Å². The van der Waals surface area contributed by atoms with E-state index in [-0.39, 0.29) is 11.9 Å². The maximum Gasteiger partial charge on any atom is 0.253 e. The molecule has 4 nitrogen and oxygen atoms in total. The molecule has 1 amide bonds. The van der Waals surface area contributed by atoms with Gasteiger partial charge >= 0.3 is 0 Å². The molecule has 5 heteroatoms. The third-order valence-corrected chi connectivity index (χ3v) is 3.79. The summed E-state index contributed by atoms with van der Waals surface area (Å²) in [6.45, 7) is 1.36. The molecule has 0 aliphatic carbocycles. The molecule has 0 radical (unpaired) electrons. The molecule has 1 aliphatic heterocycles. The molecule has 1 aliphatic rings. The number of nitrogens with zero attached hydrogens (tertiary/aromatic N) is 1. The SMILES string of the molecule is COc1ccc(C(=O)N(C)C2CCOC2)cc1Br. The molecule has 0 bridgehead atoms. The van der Waals surface area contributed by atoms with Crippen molar-refractivity contribution in [3.05, 3.63) is 28.2 Å². The summed E-state index contributed by atoms with van der Waals surface area (Å²) >= 11 is 3.39. The molecule has 98 valence electrons. The van der Waals surface area contributed by atoms with Gasteiger partial charge in [0, 0.05) is 19.2 Å². The van der Waals surface area contributed by atoms with Gasteiger partial charge in [-0.15, -0.1) is 0 Å². The average Bonchev–Trinajstić information content (AvgIpc) is 2.90. The largest absolute Gasteiger partial charge is 0.496 e. The summed E-state index contributed by atoms with van der Waals surface area (Å²) in [5, 5.41) is 0. The van der Waals surface area contributed by atoms with E-state index in [1.807, 2.05) is 7.05 Å². The third-order valence-electron chi connectivity index (χ3n) is 3.17. The van der Waals surface area contributed by atoms with E-state index in [1.54, 1.807) is 30.2 Å². The van der Waals surface area contributed by atoms with Gasteiger partial charge in [0.05, 0.1) is 24.2 Å². The first-order valence-corrected chi connectivity index (χ1v) is 6.61. The molecule has 2 rings (SSSR count). The van der Waals surface area contributed by atoms with Gasteiger partial charge in [-0.25, -0.2) is 0 Å². The van der Waals surface area contributed by atoms with E-state index in [4.69, 9.17) is 9.47 Å². The van der Waals surface area contributed by atoms with Gasteiger partial charge in [-0.2, -0.15) is 0 Å². The lowest BCUT2D eigenvalue weighted by Crippen LogP contribution is -2.37. The Morgan fingerprint density at radius 2 is 2.33 bits per heavy atom. The zero-order valence-corrected chi connectivity index (χ0v) is 12.1. The lowest BCUT2D eigenvalue weighted by Gasteiger charge is -2.23. The number of rotatable bonds is 3.